The van der Waals surface area contributed by atoms with Gasteiger partial charge in [0, 0.05) is 13.1 Å². The molecule has 1 rings (SSSR count). The van der Waals surface area contributed by atoms with Gasteiger partial charge in [0.2, 0.25) is 0 Å². The Balaban J connectivity index is 2.65. The highest BCUT2D eigenvalue weighted by Crippen LogP contribution is 2.20. The summed E-state index contributed by atoms with van der Waals surface area (Å²) in [6.07, 6.45) is 0. The maximum absolute atomic E-state index is 9.77. The van der Waals surface area contributed by atoms with Crippen molar-refractivity contribution in [2.24, 2.45) is 0 Å². The molecule has 0 spiro atoms. The van der Waals surface area contributed by atoms with Crippen molar-refractivity contribution in [1.29, 1.82) is 0 Å². The second-order valence-corrected chi connectivity index (χ2v) is 5.52. The summed E-state index contributed by atoms with van der Waals surface area (Å²) in [5, 5.41) is 9.77. The third kappa shape index (κ3) is 5.07. The molecule has 0 aliphatic heterocycles. The van der Waals surface area contributed by atoms with Crippen LogP contribution in [0.3, 0.4) is 0 Å². The number of likely N-dealkylation sites (N-methyl/N-ethyl adjacent to an activating group) is 1. The lowest BCUT2D eigenvalue weighted by molar-refractivity contribution is 0.0425. The van der Waals surface area contributed by atoms with E-state index in [1.54, 1.807) is 0 Å². The summed E-state index contributed by atoms with van der Waals surface area (Å²) in [4.78, 5) is 2.12. The highest BCUT2D eigenvalue weighted by atomic mass is 16.5. The van der Waals surface area contributed by atoms with Crippen LogP contribution in [-0.4, -0.2) is 35.8 Å². The molecule has 102 valence electrons. The van der Waals surface area contributed by atoms with E-state index < -0.39 is 5.60 Å². The van der Waals surface area contributed by atoms with E-state index in [9.17, 15) is 5.11 Å². The molecular weight excluding hydrogens is 226 g/mol. The van der Waals surface area contributed by atoms with Gasteiger partial charge in [0.05, 0.1) is 12.2 Å². The fraction of sp³-hybridized carbons (Fsp3) is 0.600. The first-order valence-electron chi connectivity index (χ1n) is 6.45. The molecule has 3 heteroatoms. The summed E-state index contributed by atoms with van der Waals surface area (Å²) in [6, 6.07) is 6.25. The summed E-state index contributed by atoms with van der Waals surface area (Å²) < 4.78 is 5.52. The molecular formula is C15H25NO2. The number of ether oxygens (including phenoxy) is 1. The smallest absolute Gasteiger partial charge is 0.122 e. The molecule has 0 aromatic heterocycles. The zero-order chi connectivity index (χ0) is 13.8. The monoisotopic (exact) mass is 251 g/mol. The molecule has 0 aliphatic carbocycles. The van der Waals surface area contributed by atoms with E-state index in [2.05, 4.69) is 24.0 Å². The number of hydrogen-bond acceptors (Lipinski definition) is 3. The minimum atomic E-state index is -0.658. The number of hydrogen-bond donors (Lipinski definition) is 1. The lowest BCUT2D eigenvalue weighted by Gasteiger charge is -2.25. The molecule has 18 heavy (non-hydrogen) atoms. The van der Waals surface area contributed by atoms with Crippen LogP contribution in [0, 0.1) is 6.92 Å². The molecule has 1 aromatic rings. The molecule has 0 saturated carbocycles. The summed E-state index contributed by atoms with van der Waals surface area (Å²) in [5.74, 6) is 0.950. The highest BCUT2D eigenvalue weighted by molar-refractivity contribution is 5.36. The Kier molecular flexibility index (Phi) is 5.17. The summed E-state index contributed by atoms with van der Waals surface area (Å²) >= 11 is 0. The van der Waals surface area contributed by atoms with Crippen molar-refractivity contribution in [2.75, 3.05) is 20.2 Å². The van der Waals surface area contributed by atoms with Gasteiger partial charge in [-0.15, -0.1) is 0 Å². The summed E-state index contributed by atoms with van der Waals surface area (Å²) in [5.41, 5.74) is 1.74. The van der Waals surface area contributed by atoms with Gasteiger partial charge in [0.25, 0.3) is 0 Å². The number of nitrogens with zero attached hydrogens (tertiary/aromatic N) is 1. The number of rotatable bonds is 6. The minimum absolute atomic E-state index is 0.652. The van der Waals surface area contributed by atoms with Crippen molar-refractivity contribution in [3.63, 3.8) is 0 Å². The van der Waals surface area contributed by atoms with E-state index in [1.807, 2.05) is 33.9 Å². The average Bonchev–Trinajstić information content (AvgIpc) is 2.19. The Morgan fingerprint density at radius 3 is 2.50 bits per heavy atom. The van der Waals surface area contributed by atoms with Crippen LogP contribution in [0.2, 0.25) is 0 Å². The van der Waals surface area contributed by atoms with Gasteiger partial charge in [0.15, 0.2) is 0 Å². The lowest BCUT2D eigenvalue weighted by Crippen LogP contribution is -2.35. The molecule has 1 N–H and O–H groups in total. The van der Waals surface area contributed by atoms with Gasteiger partial charge >= 0.3 is 0 Å². The Morgan fingerprint density at radius 2 is 2.00 bits per heavy atom. The zero-order valence-electron chi connectivity index (χ0n) is 12.2. The molecule has 0 heterocycles. The fourth-order valence-electron chi connectivity index (χ4n) is 2.16. The third-order valence-electron chi connectivity index (χ3n) is 2.65. The van der Waals surface area contributed by atoms with Gasteiger partial charge < -0.3 is 9.84 Å². The van der Waals surface area contributed by atoms with Crippen molar-refractivity contribution in [1.82, 2.24) is 4.90 Å². The van der Waals surface area contributed by atoms with Crippen LogP contribution in [0.1, 0.15) is 31.9 Å². The average molecular weight is 251 g/mol. The molecule has 0 fully saturated rings. The molecule has 1 aromatic carbocycles. The van der Waals surface area contributed by atoms with Crippen molar-refractivity contribution >= 4 is 0 Å². The van der Waals surface area contributed by atoms with Crippen molar-refractivity contribution < 1.29 is 9.84 Å². The van der Waals surface area contributed by atoms with E-state index >= 15 is 0 Å². The quantitative estimate of drug-likeness (QED) is 0.843. The molecule has 0 saturated heterocycles. The first-order chi connectivity index (χ1) is 8.31. The van der Waals surface area contributed by atoms with Crippen molar-refractivity contribution in [3.8, 4) is 5.75 Å². The lowest BCUT2D eigenvalue weighted by atomic mass is 10.1. The van der Waals surface area contributed by atoms with E-state index in [0.717, 1.165) is 17.9 Å². The van der Waals surface area contributed by atoms with Gasteiger partial charge in [-0.05, 0) is 51.9 Å². The Morgan fingerprint density at radius 1 is 1.33 bits per heavy atom. The molecule has 3 nitrogen and oxygen atoms in total. The van der Waals surface area contributed by atoms with Gasteiger partial charge in [-0.3, -0.25) is 4.90 Å². The standard InChI is InChI=1S/C15H25NO2/c1-6-18-14-8-7-13(9-12(14)2)10-16(5)11-15(3,4)17/h7-9,17H,6,10-11H2,1-5H3. The maximum atomic E-state index is 9.77. The second-order valence-electron chi connectivity index (χ2n) is 5.52. The van der Waals surface area contributed by atoms with Crippen LogP contribution < -0.4 is 4.74 Å². The first-order valence-corrected chi connectivity index (χ1v) is 6.45. The van der Waals surface area contributed by atoms with Gasteiger partial charge in [0.1, 0.15) is 5.75 Å². The predicted molar refractivity (Wildman–Crippen MR) is 75.0 cm³/mol. The highest BCUT2D eigenvalue weighted by Gasteiger charge is 2.15. The Bertz CT molecular complexity index is 383. The predicted octanol–water partition coefficient (Wildman–Crippen LogP) is 2.60. The minimum Gasteiger partial charge on any atom is -0.494 e. The third-order valence-corrected chi connectivity index (χ3v) is 2.65. The number of aryl methyl sites for hydroxylation is 1. The second kappa shape index (κ2) is 6.21. The molecule has 0 unspecified atom stereocenters. The molecule has 0 bridgehead atoms. The van der Waals surface area contributed by atoms with Crippen LogP contribution in [0.4, 0.5) is 0 Å². The van der Waals surface area contributed by atoms with Crippen LogP contribution in [0.15, 0.2) is 18.2 Å². The van der Waals surface area contributed by atoms with Crippen molar-refractivity contribution in [3.05, 3.63) is 29.3 Å². The molecule has 0 aliphatic rings. The number of benzene rings is 1. The molecule has 0 amide bonds. The van der Waals surface area contributed by atoms with E-state index in [1.165, 1.54) is 5.56 Å². The summed E-state index contributed by atoms with van der Waals surface area (Å²) in [6.45, 7) is 9.88. The van der Waals surface area contributed by atoms with E-state index in [0.29, 0.717) is 13.2 Å². The Hall–Kier alpha value is -1.06. The van der Waals surface area contributed by atoms with Crippen LogP contribution >= 0.6 is 0 Å². The van der Waals surface area contributed by atoms with Gasteiger partial charge in [-0.25, -0.2) is 0 Å². The van der Waals surface area contributed by atoms with Gasteiger partial charge in [-0.2, -0.15) is 0 Å². The normalized spacial score (nSPS) is 11.9. The van der Waals surface area contributed by atoms with E-state index in [4.69, 9.17) is 4.74 Å². The first kappa shape index (κ1) is 15.0. The molecule has 0 atom stereocenters. The van der Waals surface area contributed by atoms with Crippen LogP contribution in [0.5, 0.6) is 5.75 Å². The van der Waals surface area contributed by atoms with Gasteiger partial charge in [-0.1, -0.05) is 12.1 Å². The molecule has 0 radical (unpaired) electrons. The maximum Gasteiger partial charge on any atom is 0.122 e. The SMILES string of the molecule is CCOc1ccc(CN(C)CC(C)(C)O)cc1C. The van der Waals surface area contributed by atoms with Crippen LogP contribution in [-0.2, 0) is 6.54 Å². The largest absolute Gasteiger partial charge is 0.494 e. The fourth-order valence-corrected chi connectivity index (χ4v) is 2.16. The topological polar surface area (TPSA) is 32.7 Å². The van der Waals surface area contributed by atoms with E-state index in [-0.39, 0.29) is 0 Å². The van der Waals surface area contributed by atoms with Crippen molar-refractivity contribution in [2.45, 2.75) is 39.8 Å². The zero-order valence-corrected chi connectivity index (χ0v) is 12.2. The Labute approximate surface area is 110 Å². The summed E-state index contributed by atoms with van der Waals surface area (Å²) in [7, 11) is 2.02. The van der Waals surface area contributed by atoms with Crippen LogP contribution in [0.25, 0.3) is 0 Å². The number of aliphatic hydroxyl groups is 1.